The zero-order chi connectivity index (χ0) is 17.9. The first-order valence-electron chi connectivity index (χ1n) is 8.37. The predicted molar refractivity (Wildman–Crippen MR) is 87.6 cm³/mol. The van der Waals surface area contributed by atoms with E-state index >= 15 is 0 Å². The van der Waals surface area contributed by atoms with Crippen LogP contribution in [0.1, 0.15) is 39.4 Å². The standard InChI is InChI=1S/C17H23N3O5/c1-17(2,3)24-16(21)20-8-6-12(7-9-20)23-11-14-18-15(25-19-14)13-5-4-10-22-13/h4-5,10,12H,6-9,11H2,1-3H3. The molecule has 1 aliphatic heterocycles. The van der Waals surface area contributed by atoms with Crippen LogP contribution >= 0.6 is 0 Å². The second-order valence-corrected chi connectivity index (χ2v) is 6.97. The van der Waals surface area contributed by atoms with Gasteiger partial charge in [0.05, 0.1) is 12.4 Å². The summed E-state index contributed by atoms with van der Waals surface area (Å²) in [5.41, 5.74) is -0.477. The molecule has 25 heavy (non-hydrogen) atoms. The molecule has 1 saturated heterocycles. The second-order valence-electron chi connectivity index (χ2n) is 6.97. The number of furan rings is 1. The van der Waals surface area contributed by atoms with E-state index in [1.165, 1.54) is 0 Å². The summed E-state index contributed by atoms with van der Waals surface area (Å²) in [6.07, 6.45) is 2.84. The smallest absolute Gasteiger partial charge is 0.410 e. The number of hydrogen-bond donors (Lipinski definition) is 0. The van der Waals surface area contributed by atoms with E-state index in [0.29, 0.717) is 30.6 Å². The summed E-state index contributed by atoms with van der Waals surface area (Å²) in [6.45, 7) is 7.09. The number of amides is 1. The molecule has 1 aliphatic rings. The number of ether oxygens (including phenoxy) is 2. The minimum absolute atomic E-state index is 0.0595. The lowest BCUT2D eigenvalue weighted by Gasteiger charge is -2.33. The number of piperidine rings is 1. The average molecular weight is 349 g/mol. The lowest BCUT2D eigenvalue weighted by Crippen LogP contribution is -2.43. The zero-order valence-electron chi connectivity index (χ0n) is 14.7. The van der Waals surface area contributed by atoms with Gasteiger partial charge in [-0.2, -0.15) is 4.98 Å². The van der Waals surface area contributed by atoms with Crippen molar-refractivity contribution in [2.24, 2.45) is 0 Å². The van der Waals surface area contributed by atoms with Crippen LogP contribution in [0, 0.1) is 0 Å². The maximum absolute atomic E-state index is 12.0. The second kappa shape index (κ2) is 7.26. The first-order chi connectivity index (χ1) is 11.9. The highest BCUT2D eigenvalue weighted by Crippen LogP contribution is 2.20. The first-order valence-corrected chi connectivity index (χ1v) is 8.37. The number of nitrogens with zero attached hydrogens (tertiary/aromatic N) is 3. The molecule has 8 heteroatoms. The minimum atomic E-state index is -0.477. The molecule has 1 amide bonds. The van der Waals surface area contributed by atoms with Gasteiger partial charge in [-0.25, -0.2) is 4.79 Å². The van der Waals surface area contributed by atoms with Crippen molar-refractivity contribution in [3.8, 4) is 11.7 Å². The van der Waals surface area contributed by atoms with E-state index < -0.39 is 5.60 Å². The summed E-state index contributed by atoms with van der Waals surface area (Å²) in [5.74, 6) is 1.34. The Bertz CT molecular complexity index is 681. The fourth-order valence-electron chi connectivity index (χ4n) is 2.54. The average Bonchev–Trinajstić information content (AvgIpc) is 3.23. The van der Waals surface area contributed by atoms with Crippen LogP contribution in [0.5, 0.6) is 0 Å². The van der Waals surface area contributed by atoms with Gasteiger partial charge < -0.3 is 23.3 Å². The molecule has 3 heterocycles. The van der Waals surface area contributed by atoms with E-state index in [-0.39, 0.29) is 18.8 Å². The van der Waals surface area contributed by atoms with Crippen molar-refractivity contribution in [1.82, 2.24) is 15.0 Å². The maximum atomic E-state index is 12.0. The summed E-state index contributed by atoms with van der Waals surface area (Å²) in [7, 11) is 0. The fraction of sp³-hybridized carbons (Fsp3) is 0.588. The monoisotopic (exact) mass is 349 g/mol. The molecule has 0 N–H and O–H groups in total. The molecule has 0 unspecified atom stereocenters. The Morgan fingerprint density at radius 2 is 2.12 bits per heavy atom. The molecule has 0 aromatic carbocycles. The van der Waals surface area contributed by atoms with Crippen LogP contribution < -0.4 is 0 Å². The molecule has 0 aliphatic carbocycles. The number of carbonyl (C=O) groups excluding carboxylic acids is 1. The Balaban J connectivity index is 1.43. The van der Waals surface area contributed by atoms with Gasteiger partial charge in [0.25, 0.3) is 5.89 Å². The minimum Gasteiger partial charge on any atom is -0.459 e. The molecule has 2 aromatic heterocycles. The van der Waals surface area contributed by atoms with Gasteiger partial charge in [0.2, 0.25) is 0 Å². The molecule has 0 radical (unpaired) electrons. The van der Waals surface area contributed by atoms with Crippen molar-refractivity contribution in [2.75, 3.05) is 13.1 Å². The Morgan fingerprint density at radius 3 is 2.76 bits per heavy atom. The molecule has 0 bridgehead atoms. The predicted octanol–water partition coefficient (Wildman–Crippen LogP) is 3.25. The molecular formula is C17H23N3O5. The van der Waals surface area contributed by atoms with E-state index in [1.807, 2.05) is 20.8 Å². The highest BCUT2D eigenvalue weighted by molar-refractivity contribution is 5.68. The quantitative estimate of drug-likeness (QED) is 0.836. The molecule has 0 spiro atoms. The highest BCUT2D eigenvalue weighted by Gasteiger charge is 2.27. The number of hydrogen-bond acceptors (Lipinski definition) is 7. The molecule has 1 fully saturated rings. The van der Waals surface area contributed by atoms with Gasteiger partial charge in [0, 0.05) is 13.1 Å². The number of aromatic nitrogens is 2. The summed E-state index contributed by atoms with van der Waals surface area (Å²) in [4.78, 5) is 18.0. The molecule has 136 valence electrons. The van der Waals surface area contributed by atoms with Gasteiger partial charge in [0.1, 0.15) is 12.2 Å². The number of carbonyl (C=O) groups is 1. The molecule has 3 rings (SSSR count). The van der Waals surface area contributed by atoms with Crippen LogP contribution in [0.15, 0.2) is 27.3 Å². The molecule has 0 atom stereocenters. The van der Waals surface area contributed by atoms with Crippen molar-refractivity contribution < 1.29 is 23.2 Å². The van der Waals surface area contributed by atoms with Crippen molar-refractivity contribution in [2.45, 2.75) is 51.9 Å². The van der Waals surface area contributed by atoms with Gasteiger partial charge in [-0.1, -0.05) is 5.16 Å². The Morgan fingerprint density at radius 1 is 1.36 bits per heavy atom. The van der Waals surface area contributed by atoms with Crippen molar-refractivity contribution in [3.63, 3.8) is 0 Å². The Kier molecular flexibility index (Phi) is 5.08. The molecule has 8 nitrogen and oxygen atoms in total. The summed E-state index contributed by atoms with van der Waals surface area (Å²) >= 11 is 0. The third-order valence-corrected chi connectivity index (χ3v) is 3.74. The van der Waals surface area contributed by atoms with E-state index in [9.17, 15) is 4.79 Å². The highest BCUT2D eigenvalue weighted by atomic mass is 16.6. The molecular weight excluding hydrogens is 326 g/mol. The largest absolute Gasteiger partial charge is 0.459 e. The van der Waals surface area contributed by atoms with Crippen LogP contribution in [0.4, 0.5) is 4.79 Å². The van der Waals surface area contributed by atoms with E-state index in [4.69, 9.17) is 18.4 Å². The summed E-state index contributed by atoms with van der Waals surface area (Å²) < 4.78 is 21.6. The maximum Gasteiger partial charge on any atom is 0.410 e. The zero-order valence-corrected chi connectivity index (χ0v) is 14.7. The lowest BCUT2D eigenvalue weighted by atomic mass is 10.1. The molecule has 2 aromatic rings. The van der Waals surface area contributed by atoms with Crippen LogP contribution in [0.3, 0.4) is 0 Å². The topological polar surface area (TPSA) is 90.8 Å². The number of likely N-dealkylation sites (tertiary alicyclic amines) is 1. The van der Waals surface area contributed by atoms with Crippen molar-refractivity contribution in [1.29, 1.82) is 0 Å². The summed E-state index contributed by atoms with van der Waals surface area (Å²) in [5, 5.41) is 3.88. The summed E-state index contributed by atoms with van der Waals surface area (Å²) in [6, 6.07) is 3.51. The normalized spacial score (nSPS) is 16.2. The van der Waals surface area contributed by atoms with Gasteiger partial charge >= 0.3 is 6.09 Å². The van der Waals surface area contributed by atoms with Crippen LogP contribution in [-0.4, -0.2) is 45.9 Å². The van der Waals surface area contributed by atoms with E-state index in [2.05, 4.69) is 10.1 Å². The van der Waals surface area contributed by atoms with Gasteiger partial charge in [-0.05, 0) is 45.7 Å². The van der Waals surface area contributed by atoms with Crippen molar-refractivity contribution in [3.05, 3.63) is 24.2 Å². The van der Waals surface area contributed by atoms with Crippen molar-refractivity contribution >= 4 is 6.09 Å². The van der Waals surface area contributed by atoms with Gasteiger partial charge in [-0.15, -0.1) is 0 Å². The lowest BCUT2D eigenvalue weighted by molar-refractivity contribution is -0.0190. The van der Waals surface area contributed by atoms with E-state index in [1.54, 1.807) is 23.3 Å². The Labute approximate surface area is 146 Å². The SMILES string of the molecule is CC(C)(C)OC(=O)N1CCC(OCc2noc(-c3ccco3)n2)CC1. The van der Waals surface area contributed by atoms with E-state index in [0.717, 1.165) is 12.8 Å². The number of rotatable bonds is 4. The van der Waals surface area contributed by atoms with Gasteiger partial charge in [0.15, 0.2) is 11.6 Å². The van der Waals surface area contributed by atoms with Gasteiger partial charge in [-0.3, -0.25) is 0 Å². The van der Waals surface area contributed by atoms with Crippen LogP contribution in [-0.2, 0) is 16.1 Å². The first kappa shape index (κ1) is 17.5. The molecule has 0 saturated carbocycles. The third kappa shape index (κ3) is 4.82. The van der Waals surface area contributed by atoms with Crippen LogP contribution in [0.2, 0.25) is 0 Å². The van der Waals surface area contributed by atoms with Crippen LogP contribution in [0.25, 0.3) is 11.7 Å². The third-order valence-electron chi connectivity index (χ3n) is 3.74. The fourth-order valence-corrected chi connectivity index (χ4v) is 2.54. The Hall–Kier alpha value is -2.35.